The normalized spacial score (nSPS) is 57.5. The summed E-state index contributed by atoms with van der Waals surface area (Å²) in [6, 6.07) is 0.363. The molecule has 5 aliphatic carbocycles. The van der Waals surface area contributed by atoms with Crippen molar-refractivity contribution in [3.63, 3.8) is 0 Å². The van der Waals surface area contributed by atoms with Crippen molar-refractivity contribution in [3.05, 3.63) is 0 Å². The molecule has 9 aliphatic rings. The van der Waals surface area contributed by atoms with E-state index in [2.05, 4.69) is 44.8 Å². The number of alkyl carbamates (subject to hydrolysis) is 1. The first-order valence-corrected chi connectivity index (χ1v) is 18.8. The van der Waals surface area contributed by atoms with Gasteiger partial charge in [-0.15, -0.1) is 0 Å². The maximum absolute atomic E-state index is 12.5. The third-order valence-corrected chi connectivity index (χ3v) is 16.8. The zero-order chi connectivity index (χ0) is 32.0. The molecule has 15 atom stereocenters. The van der Waals surface area contributed by atoms with E-state index in [0.717, 1.165) is 45.8 Å². The first kappa shape index (κ1) is 31.0. The summed E-state index contributed by atoms with van der Waals surface area (Å²) in [7, 11) is 0. The predicted molar refractivity (Wildman–Crippen MR) is 170 cm³/mol. The van der Waals surface area contributed by atoms with E-state index >= 15 is 0 Å². The standard InChI is InChI=1S/C37H58N2O7/c1-20-15-23(29-21(2)44-32(41)38-29)45-30-28(20)34(5)11-12-37-19-36(37)10-9-26(46-27-16-39(13-14-43-27)22-17-42-18-22)33(3,4)24(36)7-8-25(37)35(34,6)31(30)40/h20-31,40H,7-19H2,1-6H3,(H,38,41). The van der Waals surface area contributed by atoms with E-state index in [0.29, 0.717) is 40.5 Å². The average Bonchev–Trinajstić information content (AvgIpc) is 3.47. The molecule has 0 bridgehead atoms. The number of hydrogen-bond acceptors (Lipinski definition) is 8. The van der Waals surface area contributed by atoms with Crippen LogP contribution >= 0.6 is 0 Å². The number of amides is 1. The lowest BCUT2D eigenvalue weighted by Gasteiger charge is -2.64. The molecule has 0 aromatic heterocycles. The number of carbonyl (C=O) groups excluding carboxylic acids is 1. The third kappa shape index (κ3) is 3.82. The summed E-state index contributed by atoms with van der Waals surface area (Å²) in [5.74, 6) is 1.88. The van der Waals surface area contributed by atoms with Gasteiger partial charge in [0, 0.05) is 12.0 Å². The zero-order valence-corrected chi connectivity index (χ0v) is 29.0. The molecule has 2 spiro atoms. The topological polar surface area (TPSA) is 98.7 Å². The number of morpholine rings is 1. The number of aliphatic hydroxyl groups is 1. The van der Waals surface area contributed by atoms with Crippen LogP contribution in [0, 0.1) is 50.7 Å². The Morgan fingerprint density at radius 3 is 2.48 bits per heavy atom. The lowest BCUT2D eigenvalue weighted by molar-refractivity contribution is -0.256. The lowest BCUT2D eigenvalue weighted by atomic mass is 9.41. The summed E-state index contributed by atoms with van der Waals surface area (Å²) < 4.78 is 30.9. The number of carbonyl (C=O) groups is 1. The average molecular weight is 643 g/mol. The van der Waals surface area contributed by atoms with Gasteiger partial charge < -0.3 is 34.1 Å². The molecule has 1 amide bonds. The number of aliphatic hydroxyl groups excluding tert-OH is 1. The van der Waals surface area contributed by atoms with Gasteiger partial charge in [-0.3, -0.25) is 4.90 Å². The number of nitrogens with zero attached hydrogens (tertiary/aromatic N) is 1. The minimum Gasteiger partial charge on any atom is -0.444 e. The molecule has 9 fully saturated rings. The molecule has 15 unspecified atom stereocenters. The van der Waals surface area contributed by atoms with Crippen molar-refractivity contribution in [1.29, 1.82) is 0 Å². The number of hydrogen-bond donors (Lipinski definition) is 2. The maximum Gasteiger partial charge on any atom is 0.407 e. The number of rotatable bonds is 4. The Kier molecular flexibility index (Phi) is 6.79. The van der Waals surface area contributed by atoms with Crippen LogP contribution in [0.1, 0.15) is 92.9 Å². The van der Waals surface area contributed by atoms with Gasteiger partial charge >= 0.3 is 6.09 Å². The van der Waals surface area contributed by atoms with Crippen molar-refractivity contribution in [2.45, 2.75) is 142 Å². The Labute approximate surface area is 275 Å². The number of nitrogens with one attached hydrogen (secondary N) is 1. The maximum atomic E-state index is 12.5. The quantitative estimate of drug-likeness (QED) is 0.454. The molecule has 258 valence electrons. The molecule has 9 heteroatoms. The van der Waals surface area contributed by atoms with Gasteiger partial charge in [0.1, 0.15) is 6.10 Å². The van der Waals surface area contributed by atoms with Crippen LogP contribution in [0.15, 0.2) is 0 Å². The van der Waals surface area contributed by atoms with Crippen LogP contribution in [0.4, 0.5) is 4.79 Å². The van der Waals surface area contributed by atoms with Gasteiger partial charge in [-0.2, -0.15) is 0 Å². The molecule has 4 saturated heterocycles. The zero-order valence-electron chi connectivity index (χ0n) is 29.0. The van der Waals surface area contributed by atoms with E-state index in [-0.39, 0.29) is 59.1 Å². The number of ether oxygens (including phenoxy) is 5. The molecule has 9 rings (SSSR count). The van der Waals surface area contributed by atoms with Crippen molar-refractivity contribution >= 4 is 6.09 Å². The van der Waals surface area contributed by atoms with Gasteiger partial charge in [0.15, 0.2) is 6.29 Å². The van der Waals surface area contributed by atoms with Crippen LogP contribution < -0.4 is 5.32 Å². The van der Waals surface area contributed by atoms with Crippen LogP contribution in [0.25, 0.3) is 0 Å². The Morgan fingerprint density at radius 2 is 1.76 bits per heavy atom. The number of cyclic esters (lactones) is 1. The molecule has 4 heterocycles. The van der Waals surface area contributed by atoms with Crippen LogP contribution in [0.5, 0.6) is 0 Å². The van der Waals surface area contributed by atoms with Gasteiger partial charge in [0.25, 0.3) is 0 Å². The van der Waals surface area contributed by atoms with Crippen molar-refractivity contribution in [2.75, 3.05) is 32.9 Å². The van der Waals surface area contributed by atoms with Crippen molar-refractivity contribution in [2.24, 2.45) is 50.7 Å². The van der Waals surface area contributed by atoms with Crippen LogP contribution in [0.2, 0.25) is 0 Å². The lowest BCUT2D eigenvalue weighted by Crippen LogP contribution is -2.60. The molecule has 0 aromatic rings. The van der Waals surface area contributed by atoms with Crippen molar-refractivity contribution < 1.29 is 33.6 Å². The highest BCUT2D eigenvalue weighted by Gasteiger charge is 2.84. The van der Waals surface area contributed by atoms with E-state index < -0.39 is 6.10 Å². The molecule has 4 aliphatic heterocycles. The van der Waals surface area contributed by atoms with E-state index in [1.54, 1.807) is 0 Å². The van der Waals surface area contributed by atoms with E-state index in [4.69, 9.17) is 23.7 Å². The SMILES string of the molecule is CC1CC(C2NC(=O)OC2C)OC2C1C1(C)CCC34CC35CCC(OC3CN(C6COC6)CCO3)C(C)(C)C5CCC4C1(C)C2O. The predicted octanol–water partition coefficient (Wildman–Crippen LogP) is 4.74. The van der Waals surface area contributed by atoms with E-state index in [1.807, 2.05) is 6.92 Å². The van der Waals surface area contributed by atoms with Gasteiger partial charge in [0.05, 0.1) is 62.9 Å². The molecular weight excluding hydrogens is 584 g/mol. The highest BCUT2D eigenvalue weighted by molar-refractivity contribution is 5.70. The summed E-state index contributed by atoms with van der Waals surface area (Å²) in [5, 5.41) is 15.5. The summed E-state index contributed by atoms with van der Waals surface area (Å²) in [5.41, 5.74) is 0.586. The second-order valence-corrected chi connectivity index (χ2v) is 18.4. The van der Waals surface area contributed by atoms with Crippen molar-refractivity contribution in [1.82, 2.24) is 10.2 Å². The molecule has 0 aromatic carbocycles. The fraction of sp³-hybridized carbons (Fsp3) is 0.973. The van der Waals surface area contributed by atoms with E-state index in [9.17, 15) is 9.90 Å². The first-order chi connectivity index (χ1) is 21.9. The number of fused-ring (bicyclic) bond motifs is 4. The summed E-state index contributed by atoms with van der Waals surface area (Å²) in [6.45, 7) is 18.5. The largest absolute Gasteiger partial charge is 0.444 e. The summed E-state index contributed by atoms with van der Waals surface area (Å²) in [4.78, 5) is 14.6. The second kappa shape index (κ2) is 10.1. The highest BCUT2D eigenvalue weighted by Crippen LogP contribution is 2.89. The Bertz CT molecular complexity index is 1260. The monoisotopic (exact) mass is 642 g/mol. The molecule has 2 N–H and O–H groups in total. The van der Waals surface area contributed by atoms with Gasteiger partial charge in [-0.25, -0.2) is 4.79 Å². The highest BCUT2D eigenvalue weighted by atomic mass is 16.7. The second-order valence-electron chi connectivity index (χ2n) is 18.4. The van der Waals surface area contributed by atoms with E-state index in [1.165, 1.54) is 38.5 Å². The van der Waals surface area contributed by atoms with Crippen LogP contribution in [-0.2, 0) is 23.7 Å². The van der Waals surface area contributed by atoms with Crippen LogP contribution in [-0.4, -0.2) is 97.9 Å². The molecule has 5 saturated carbocycles. The minimum atomic E-state index is -0.502. The molecule has 0 radical (unpaired) electrons. The Balaban J connectivity index is 0.954. The van der Waals surface area contributed by atoms with Gasteiger partial charge in [0.2, 0.25) is 0 Å². The summed E-state index contributed by atoms with van der Waals surface area (Å²) in [6.07, 6.45) is 8.04. The summed E-state index contributed by atoms with van der Waals surface area (Å²) >= 11 is 0. The molecular formula is C37H58N2O7. The van der Waals surface area contributed by atoms with Crippen LogP contribution in [0.3, 0.4) is 0 Å². The van der Waals surface area contributed by atoms with Gasteiger partial charge in [-0.1, -0.05) is 34.6 Å². The fourth-order valence-electron chi connectivity index (χ4n) is 14.4. The van der Waals surface area contributed by atoms with Gasteiger partial charge in [-0.05, 0) is 104 Å². The molecule has 9 nitrogen and oxygen atoms in total. The Hall–Kier alpha value is -0.970. The Morgan fingerprint density at radius 1 is 1.00 bits per heavy atom. The minimum absolute atomic E-state index is 0.0283. The molecule has 46 heavy (non-hydrogen) atoms. The smallest absolute Gasteiger partial charge is 0.407 e. The van der Waals surface area contributed by atoms with Crippen molar-refractivity contribution in [3.8, 4) is 0 Å². The first-order valence-electron chi connectivity index (χ1n) is 18.8. The fourth-order valence-corrected chi connectivity index (χ4v) is 14.4. The third-order valence-electron chi connectivity index (χ3n) is 16.8.